The zero-order chi connectivity index (χ0) is 20.8. The first-order valence-corrected chi connectivity index (χ1v) is 10.7. The molecule has 1 heterocycles. The molecule has 3 rings (SSSR count). The van der Waals surface area contributed by atoms with Gasteiger partial charge in [0.2, 0.25) is 5.91 Å². The van der Waals surface area contributed by atoms with E-state index in [2.05, 4.69) is 15.5 Å². The zero-order valence-corrected chi connectivity index (χ0v) is 18.3. The van der Waals surface area contributed by atoms with Crippen molar-refractivity contribution in [3.63, 3.8) is 0 Å². The van der Waals surface area contributed by atoms with Crippen molar-refractivity contribution in [1.82, 2.24) is 14.8 Å². The Bertz CT molecular complexity index is 972. The standard InChI is InChI=1S/C20H20Cl2N4O2S/c1-3-26-18(11-28-17-6-4-13(2)5-7-17)24-25-20(26)29-12-19(27)23-16-9-14(21)8-15(22)10-16/h4-10H,3,11-12H2,1-2H3,(H,23,27). The number of thioether (sulfide) groups is 1. The molecule has 1 N–H and O–H groups in total. The van der Waals surface area contributed by atoms with Crippen LogP contribution in [0, 0.1) is 6.92 Å². The van der Waals surface area contributed by atoms with E-state index in [0.29, 0.717) is 39.9 Å². The number of benzene rings is 2. The second-order valence-corrected chi connectivity index (χ2v) is 8.06. The third-order valence-electron chi connectivity index (χ3n) is 3.98. The van der Waals surface area contributed by atoms with Crippen LogP contribution in [0.15, 0.2) is 47.6 Å². The molecule has 0 aliphatic carbocycles. The Morgan fingerprint density at radius 3 is 2.48 bits per heavy atom. The fourth-order valence-electron chi connectivity index (χ4n) is 2.59. The van der Waals surface area contributed by atoms with Gasteiger partial charge >= 0.3 is 0 Å². The molecule has 0 saturated heterocycles. The van der Waals surface area contributed by atoms with Gasteiger partial charge in [0, 0.05) is 22.3 Å². The van der Waals surface area contributed by atoms with Crippen LogP contribution >= 0.6 is 35.0 Å². The minimum atomic E-state index is -0.184. The Labute approximate surface area is 183 Å². The molecule has 9 heteroatoms. The summed E-state index contributed by atoms with van der Waals surface area (Å²) >= 11 is 13.2. The lowest BCUT2D eigenvalue weighted by Gasteiger charge is -2.09. The van der Waals surface area contributed by atoms with Crippen LogP contribution in [0.4, 0.5) is 5.69 Å². The minimum absolute atomic E-state index is 0.182. The molecule has 0 fully saturated rings. The number of ether oxygens (including phenoxy) is 1. The van der Waals surface area contributed by atoms with Crippen molar-refractivity contribution in [3.05, 3.63) is 63.9 Å². The van der Waals surface area contributed by atoms with Crippen molar-refractivity contribution in [2.24, 2.45) is 0 Å². The lowest BCUT2D eigenvalue weighted by molar-refractivity contribution is -0.113. The van der Waals surface area contributed by atoms with E-state index in [4.69, 9.17) is 27.9 Å². The molecule has 6 nitrogen and oxygen atoms in total. The molecule has 3 aromatic rings. The first-order valence-electron chi connectivity index (χ1n) is 8.95. The highest BCUT2D eigenvalue weighted by Crippen LogP contribution is 2.23. The first-order chi connectivity index (χ1) is 13.9. The molecule has 0 aliphatic heterocycles. The van der Waals surface area contributed by atoms with Gasteiger partial charge in [-0.05, 0) is 44.2 Å². The number of amides is 1. The molecule has 1 amide bonds. The lowest BCUT2D eigenvalue weighted by atomic mass is 10.2. The molecule has 0 radical (unpaired) electrons. The Morgan fingerprint density at radius 2 is 1.83 bits per heavy atom. The third kappa shape index (κ3) is 6.13. The van der Waals surface area contributed by atoms with Gasteiger partial charge in [-0.2, -0.15) is 0 Å². The van der Waals surface area contributed by atoms with E-state index in [-0.39, 0.29) is 11.7 Å². The number of rotatable bonds is 8. The Balaban J connectivity index is 1.58. The summed E-state index contributed by atoms with van der Waals surface area (Å²) in [4.78, 5) is 12.3. The van der Waals surface area contributed by atoms with Crippen molar-refractivity contribution < 1.29 is 9.53 Å². The maximum absolute atomic E-state index is 12.3. The summed E-state index contributed by atoms with van der Waals surface area (Å²) < 4.78 is 7.73. The molecule has 2 aromatic carbocycles. The van der Waals surface area contributed by atoms with Crippen LogP contribution in [0.25, 0.3) is 0 Å². The van der Waals surface area contributed by atoms with Crippen molar-refractivity contribution in [1.29, 1.82) is 0 Å². The van der Waals surface area contributed by atoms with Crippen molar-refractivity contribution in [2.45, 2.75) is 32.2 Å². The summed E-state index contributed by atoms with van der Waals surface area (Å²) in [7, 11) is 0. The number of carbonyl (C=O) groups is 1. The van der Waals surface area contributed by atoms with Gasteiger partial charge in [-0.25, -0.2) is 0 Å². The van der Waals surface area contributed by atoms with Crippen molar-refractivity contribution in [2.75, 3.05) is 11.1 Å². The molecular weight excluding hydrogens is 431 g/mol. The first kappa shape index (κ1) is 21.5. The minimum Gasteiger partial charge on any atom is -0.486 e. The summed E-state index contributed by atoms with van der Waals surface area (Å²) in [6, 6.07) is 12.7. The fourth-order valence-corrected chi connectivity index (χ4v) is 3.93. The smallest absolute Gasteiger partial charge is 0.234 e. The van der Waals surface area contributed by atoms with Crippen molar-refractivity contribution in [3.8, 4) is 5.75 Å². The molecule has 0 unspecified atom stereocenters. The highest BCUT2D eigenvalue weighted by molar-refractivity contribution is 7.99. The number of carbonyl (C=O) groups excluding carboxylic acids is 1. The fraction of sp³-hybridized carbons (Fsp3) is 0.250. The molecule has 0 spiro atoms. The number of halogens is 2. The van der Waals surface area contributed by atoms with Crippen LogP contribution in [0.1, 0.15) is 18.3 Å². The Morgan fingerprint density at radius 1 is 1.14 bits per heavy atom. The van der Waals surface area contributed by atoms with Crippen LogP contribution in [0.2, 0.25) is 10.0 Å². The summed E-state index contributed by atoms with van der Waals surface area (Å²) in [5, 5.41) is 12.8. The van der Waals surface area contributed by atoms with Gasteiger partial charge in [0.1, 0.15) is 12.4 Å². The summed E-state index contributed by atoms with van der Waals surface area (Å²) in [6.07, 6.45) is 0. The zero-order valence-electron chi connectivity index (χ0n) is 16.0. The monoisotopic (exact) mass is 450 g/mol. The number of aryl methyl sites for hydroxylation is 1. The Kier molecular flexibility index (Phi) is 7.41. The quantitative estimate of drug-likeness (QED) is 0.476. The second kappa shape index (κ2) is 10.0. The van der Waals surface area contributed by atoms with Gasteiger partial charge in [0.25, 0.3) is 0 Å². The molecule has 0 saturated carbocycles. The highest BCUT2D eigenvalue weighted by atomic mass is 35.5. The van der Waals surface area contributed by atoms with Crippen LogP contribution in [-0.4, -0.2) is 26.4 Å². The van der Waals surface area contributed by atoms with Gasteiger partial charge in [-0.3, -0.25) is 4.79 Å². The van der Waals surface area contributed by atoms with Gasteiger partial charge in [0.15, 0.2) is 11.0 Å². The molecule has 0 bridgehead atoms. The summed E-state index contributed by atoms with van der Waals surface area (Å²) in [6.45, 7) is 5.00. The van der Waals surface area contributed by atoms with Gasteiger partial charge in [-0.1, -0.05) is 52.7 Å². The van der Waals surface area contributed by atoms with Gasteiger partial charge in [-0.15, -0.1) is 10.2 Å². The second-order valence-electron chi connectivity index (χ2n) is 6.24. The highest BCUT2D eigenvalue weighted by Gasteiger charge is 2.14. The topological polar surface area (TPSA) is 69.0 Å². The predicted molar refractivity (Wildman–Crippen MR) is 117 cm³/mol. The van der Waals surface area contributed by atoms with E-state index < -0.39 is 0 Å². The lowest BCUT2D eigenvalue weighted by Crippen LogP contribution is -2.15. The van der Waals surface area contributed by atoms with Gasteiger partial charge < -0.3 is 14.6 Å². The van der Waals surface area contributed by atoms with Crippen LogP contribution in [0.3, 0.4) is 0 Å². The molecule has 0 atom stereocenters. The summed E-state index contributed by atoms with van der Waals surface area (Å²) in [5.41, 5.74) is 1.73. The molecule has 1 aromatic heterocycles. The van der Waals surface area contributed by atoms with Crippen LogP contribution < -0.4 is 10.1 Å². The SMILES string of the molecule is CCn1c(COc2ccc(C)cc2)nnc1SCC(=O)Nc1cc(Cl)cc(Cl)c1. The molecule has 0 aliphatic rings. The molecular formula is C20H20Cl2N4O2S. The Hall–Kier alpha value is -2.22. The average molecular weight is 451 g/mol. The number of anilines is 1. The molecule has 29 heavy (non-hydrogen) atoms. The van der Waals surface area contributed by atoms with Gasteiger partial charge in [0.05, 0.1) is 5.75 Å². The maximum Gasteiger partial charge on any atom is 0.234 e. The van der Waals surface area contributed by atoms with Crippen LogP contribution in [-0.2, 0) is 17.9 Å². The number of hydrogen-bond acceptors (Lipinski definition) is 5. The predicted octanol–water partition coefficient (Wildman–Crippen LogP) is 5.22. The maximum atomic E-state index is 12.3. The normalized spacial score (nSPS) is 10.8. The average Bonchev–Trinajstić information content (AvgIpc) is 3.07. The van der Waals surface area contributed by atoms with E-state index in [0.717, 1.165) is 5.75 Å². The number of hydrogen-bond donors (Lipinski definition) is 1. The number of aromatic nitrogens is 3. The summed E-state index contributed by atoms with van der Waals surface area (Å²) in [5.74, 6) is 1.48. The number of nitrogens with one attached hydrogen (secondary N) is 1. The number of nitrogens with zero attached hydrogens (tertiary/aromatic N) is 3. The molecule has 152 valence electrons. The third-order valence-corrected chi connectivity index (χ3v) is 5.38. The van der Waals surface area contributed by atoms with Crippen molar-refractivity contribution >= 4 is 46.6 Å². The van der Waals surface area contributed by atoms with E-state index >= 15 is 0 Å². The largest absolute Gasteiger partial charge is 0.486 e. The van der Waals surface area contributed by atoms with E-state index in [9.17, 15) is 4.79 Å². The van der Waals surface area contributed by atoms with Crippen LogP contribution in [0.5, 0.6) is 5.75 Å². The van der Waals surface area contributed by atoms with E-state index in [1.54, 1.807) is 18.2 Å². The van der Waals surface area contributed by atoms with E-state index in [1.165, 1.54) is 17.3 Å². The van der Waals surface area contributed by atoms with E-state index in [1.807, 2.05) is 42.7 Å².